The zero-order valence-electron chi connectivity index (χ0n) is 12.2. The lowest BCUT2D eigenvalue weighted by Crippen LogP contribution is -2.60. The second kappa shape index (κ2) is 4.55. The smallest absolute Gasteiger partial charge is 0.146 e. The van der Waals surface area contributed by atoms with Crippen molar-refractivity contribution < 1.29 is 4.39 Å². The molecule has 0 saturated heterocycles. The third-order valence-electron chi connectivity index (χ3n) is 5.32. The van der Waals surface area contributed by atoms with E-state index in [2.05, 4.69) is 0 Å². The minimum atomic E-state index is -0.422. The summed E-state index contributed by atoms with van der Waals surface area (Å²) in [6.45, 7) is 0. The van der Waals surface area contributed by atoms with Crippen molar-refractivity contribution in [2.24, 2.45) is 5.41 Å². The maximum atomic E-state index is 13.4. The highest BCUT2D eigenvalue weighted by molar-refractivity contribution is 5.98. The summed E-state index contributed by atoms with van der Waals surface area (Å²) in [5, 5.41) is 15.9. The summed E-state index contributed by atoms with van der Waals surface area (Å²) < 4.78 is 13.4. The first-order valence-corrected chi connectivity index (χ1v) is 7.30. The van der Waals surface area contributed by atoms with Gasteiger partial charge < -0.3 is 10.6 Å². The first-order chi connectivity index (χ1) is 9.92. The lowest BCUT2D eigenvalue weighted by molar-refractivity contribution is -0.0205. The number of nitrogens with zero attached hydrogens (tertiary/aromatic N) is 1. The van der Waals surface area contributed by atoms with E-state index >= 15 is 0 Å². The van der Waals surface area contributed by atoms with Gasteiger partial charge in [0.05, 0.1) is 17.4 Å². The van der Waals surface area contributed by atoms with Crippen molar-refractivity contribution in [3.8, 4) is 0 Å². The van der Waals surface area contributed by atoms with E-state index in [0.717, 1.165) is 24.7 Å². The monoisotopic (exact) mass is 288 g/mol. The Morgan fingerprint density at radius 1 is 1.38 bits per heavy atom. The molecule has 0 amide bonds. The Morgan fingerprint density at radius 3 is 2.52 bits per heavy atom. The Balaban J connectivity index is 1.98. The largest absolute Gasteiger partial charge is 0.396 e. The van der Waals surface area contributed by atoms with Crippen molar-refractivity contribution in [1.82, 2.24) is 4.90 Å². The minimum Gasteiger partial charge on any atom is -0.396 e. The average molecular weight is 288 g/mol. The van der Waals surface area contributed by atoms with Crippen molar-refractivity contribution in [2.75, 3.05) is 12.8 Å². The SMILES string of the molecule is CN(C=N)C(=N)C1(c2ccc(F)c(N)c2)CC2(CCC2)C1. The van der Waals surface area contributed by atoms with Crippen molar-refractivity contribution >= 4 is 17.9 Å². The molecule has 4 nitrogen and oxygen atoms in total. The normalized spacial score (nSPS) is 21.2. The number of rotatable bonds is 3. The summed E-state index contributed by atoms with van der Waals surface area (Å²) >= 11 is 0. The molecule has 0 aromatic heterocycles. The third kappa shape index (κ3) is 1.94. The molecule has 3 rings (SSSR count). The van der Waals surface area contributed by atoms with Crippen LogP contribution < -0.4 is 5.73 Å². The van der Waals surface area contributed by atoms with E-state index < -0.39 is 11.2 Å². The van der Waals surface area contributed by atoms with E-state index in [1.165, 1.54) is 30.2 Å². The van der Waals surface area contributed by atoms with Gasteiger partial charge in [0.15, 0.2) is 0 Å². The zero-order valence-corrected chi connectivity index (χ0v) is 12.2. The van der Waals surface area contributed by atoms with Crippen LogP contribution in [0.25, 0.3) is 0 Å². The van der Waals surface area contributed by atoms with Gasteiger partial charge in [-0.25, -0.2) is 4.39 Å². The van der Waals surface area contributed by atoms with E-state index in [9.17, 15) is 4.39 Å². The number of nitrogen functional groups attached to an aromatic ring is 1. The van der Waals surface area contributed by atoms with Crippen molar-refractivity contribution in [3.05, 3.63) is 29.6 Å². The standard InChI is InChI=1S/C16H21FN4/c1-21(10-18)14(20)16(8-15(9-16)5-2-6-15)11-3-4-12(17)13(19)7-11/h3-4,7,10,18,20H,2,5-6,8-9,19H2,1H3. The summed E-state index contributed by atoms with van der Waals surface area (Å²) in [5.74, 6) is -0.0143. The van der Waals surface area contributed by atoms with Crippen LogP contribution in [-0.2, 0) is 5.41 Å². The molecule has 0 radical (unpaired) electrons. The van der Waals surface area contributed by atoms with E-state index in [0.29, 0.717) is 11.3 Å². The van der Waals surface area contributed by atoms with Crippen LogP contribution in [0.5, 0.6) is 0 Å². The molecule has 5 heteroatoms. The van der Waals surface area contributed by atoms with Gasteiger partial charge in [-0.05, 0) is 48.8 Å². The maximum Gasteiger partial charge on any atom is 0.146 e. The zero-order chi connectivity index (χ0) is 15.3. The van der Waals surface area contributed by atoms with Gasteiger partial charge in [-0.15, -0.1) is 0 Å². The Morgan fingerprint density at radius 2 is 2.05 bits per heavy atom. The number of benzene rings is 1. The highest BCUT2D eigenvalue weighted by atomic mass is 19.1. The Bertz CT molecular complexity index is 598. The fraction of sp³-hybridized carbons (Fsp3) is 0.500. The lowest BCUT2D eigenvalue weighted by atomic mass is 9.43. The average Bonchev–Trinajstić information content (AvgIpc) is 2.38. The Hall–Kier alpha value is -1.91. The molecule has 0 aliphatic heterocycles. The quantitative estimate of drug-likeness (QED) is 0.454. The number of likely N-dealkylation sites (N-methyl/N-ethyl adjacent to an activating group) is 1. The topological polar surface area (TPSA) is 77.0 Å². The molecular formula is C16H21FN4. The van der Waals surface area contributed by atoms with Crippen LogP contribution in [0.3, 0.4) is 0 Å². The molecule has 0 heterocycles. The molecule has 1 aromatic carbocycles. The van der Waals surface area contributed by atoms with E-state index in [4.69, 9.17) is 16.6 Å². The van der Waals surface area contributed by atoms with Gasteiger partial charge in [0.1, 0.15) is 11.7 Å². The third-order valence-corrected chi connectivity index (χ3v) is 5.32. The van der Waals surface area contributed by atoms with Crippen molar-refractivity contribution in [3.63, 3.8) is 0 Å². The molecule has 0 bridgehead atoms. The van der Waals surface area contributed by atoms with Gasteiger partial charge in [0, 0.05) is 7.05 Å². The fourth-order valence-electron chi connectivity index (χ4n) is 4.01. The molecular weight excluding hydrogens is 267 g/mol. The predicted octanol–water partition coefficient (Wildman–Crippen LogP) is 3.13. The molecule has 2 aliphatic carbocycles. The van der Waals surface area contributed by atoms with Crippen LogP contribution in [-0.4, -0.2) is 24.1 Å². The highest BCUT2D eigenvalue weighted by Crippen LogP contribution is 2.65. The number of hydrogen-bond acceptors (Lipinski definition) is 3. The summed E-state index contributed by atoms with van der Waals surface area (Å²) in [4.78, 5) is 1.53. The predicted molar refractivity (Wildman–Crippen MR) is 82.3 cm³/mol. The van der Waals surface area contributed by atoms with Crippen molar-refractivity contribution in [1.29, 1.82) is 10.8 Å². The van der Waals surface area contributed by atoms with Crippen molar-refractivity contribution in [2.45, 2.75) is 37.5 Å². The maximum absolute atomic E-state index is 13.4. The van der Waals surface area contributed by atoms with Crippen LogP contribution >= 0.6 is 0 Å². The molecule has 0 unspecified atom stereocenters. The molecule has 2 fully saturated rings. The summed E-state index contributed by atoms with van der Waals surface area (Å²) in [7, 11) is 1.72. The second-order valence-electron chi connectivity index (χ2n) is 6.61. The molecule has 1 aromatic rings. The summed E-state index contributed by atoms with van der Waals surface area (Å²) in [6, 6.07) is 4.78. The van der Waals surface area contributed by atoms with E-state index in [1.807, 2.05) is 0 Å². The lowest BCUT2D eigenvalue weighted by Gasteiger charge is -2.62. The molecule has 1 spiro atoms. The molecule has 2 saturated carbocycles. The first-order valence-electron chi connectivity index (χ1n) is 7.30. The number of hydrogen-bond donors (Lipinski definition) is 3. The molecule has 21 heavy (non-hydrogen) atoms. The molecule has 0 atom stereocenters. The fourth-order valence-corrected chi connectivity index (χ4v) is 4.01. The first kappa shape index (κ1) is 14.0. The number of halogens is 1. The number of anilines is 1. The van der Waals surface area contributed by atoms with Gasteiger partial charge in [0.25, 0.3) is 0 Å². The van der Waals surface area contributed by atoms with Gasteiger partial charge >= 0.3 is 0 Å². The van der Waals surface area contributed by atoms with E-state index in [-0.39, 0.29) is 5.69 Å². The van der Waals surface area contributed by atoms with Gasteiger partial charge in [0.2, 0.25) is 0 Å². The summed E-state index contributed by atoms with van der Waals surface area (Å²) in [5.41, 5.74) is 6.68. The minimum absolute atomic E-state index is 0.131. The van der Waals surface area contributed by atoms with Crippen LogP contribution in [0.4, 0.5) is 10.1 Å². The highest BCUT2D eigenvalue weighted by Gasteiger charge is 2.60. The van der Waals surface area contributed by atoms with Gasteiger partial charge in [-0.2, -0.15) is 0 Å². The second-order valence-corrected chi connectivity index (χ2v) is 6.61. The van der Waals surface area contributed by atoms with Crippen LogP contribution in [0.15, 0.2) is 18.2 Å². The molecule has 2 aliphatic rings. The van der Waals surface area contributed by atoms with Gasteiger partial charge in [-0.1, -0.05) is 12.5 Å². The Labute approximate surface area is 124 Å². The number of amidine groups is 1. The number of nitrogens with two attached hydrogens (primary N) is 1. The van der Waals surface area contributed by atoms with Crippen LogP contribution in [0, 0.1) is 22.1 Å². The van der Waals surface area contributed by atoms with E-state index in [1.54, 1.807) is 19.2 Å². The van der Waals surface area contributed by atoms with Crippen LogP contribution in [0.2, 0.25) is 0 Å². The molecule has 4 N–H and O–H groups in total. The number of nitrogens with one attached hydrogen (secondary N) is 2. The summed E-state index contributed by atoms with van der Waals surface area (Å²) in [6.07, 6.45) is 6.66. The van der Waals surface area contributed by atoms with Gasteiger partial charge in [-0.3, -0.25) is 10.8 Å². The van der Waals surface area contributed by atoms with Crippen LogP contribution in [0.1, 0.15) is 37.7 Å². The Kier molecular flexibility index (Phi) is 3.04. The molecule has 112 valence electrons.